The van der Waals surface area contributed by atoms with Gasteiger partial charge in [-0.05, 0) is 25.1 Å². The Balaban J connectivity index is 2.36. The van der Waals surface area contributed by atoms with Crippen molar-refractivity contribution in [3.8, 4) is 22.4 Å². The highest BCUT2D eigenvalue weighted by atomic mass is 35.5. The zero-order valence-electron chi connectivity index (χ0n) is 11.5. The average Bonchev–Trinajstić information content (AvgIpc) is 2.96. The van der Waals surface area contributed by atoms with Crippen molar-refractivity contribution in [1.29, 1.82) is 0 Å². The van der Waals surface area contributed by atoms with Gasteiger partial charge in [0, 0.05) is 18.2 Å². The molecule has 21 heavy (non-hydrogen) atoms. The number of rotatable bonds is 2. The van der Waals surface area contributed by atoms with Gasteiger partial charge in [-0.25, -0.2) is 4.39 Å². The van der Waals surface area contributed by atoms with E-state index in [1.54, 1.807) is 31.5 Å². The van der Waals surface area contributed by atoms with Gasteiger partial charge in [-0.3, -0.25) is 4.68 Å². The maximum Gasteiger partial charge on any atom is 0.132 e. The minimum Gasteiger partial charge on any atom is -0.469 e. The molecule has 0 radical (unpaired) electrons. The summed E-state index contributed by atoms with van der Waals surface area (Å²) in [5.74, 6) is 0.587. The second-order valence-electron chi connectivity index (χ2n) is 4.72. The summed E-state index contributed by atoms with van der Waals surface area (Å²) >= 11 is 6.16. The summed E-state index contributed by atoms with van der Waals surface area (Å²) in [5, 5.41) is 4.67. The molecule has 6 heteroatoms. The lowest BCUT2D eigenvalue weighted by Gasteiger charge is -2.07. The summed E-state index contributed by atoms with van der Waals surface area (Å²) in [7, 11) is 1.70. The summed E-state index contributed by atoms with van der Waals surface area (Å²) in [6, 6.07) is 6.30. The number of aryl methyl sites for hydroxylation is 2. The summed E-state index contributed by atoms with van der Waals surface area (Å²) < 4.78 is 21.0. The highest BCUT2D eigenvalue weighted by Crippen LogP contribution is 2.41. The minimum atomic E-state index is -0.440. The molecule has 0 aliphatic carbocycles. The Hall–Kier alpha value is -2.27. The van der Waals surface area contributed by atoms with Crippen molar-refractivity contribution < 1.29 is 8.81 Å². The van der Waals surface area contributed by atoms with Crippen molar-refractivity contribution in [2.75, 3.05) is 5.73 Å². The zero-order valence-corrected chi connectivity index (χ0v) is 12.3. The van der Waals surface area contributed by atoms with Crippen LogP contribution >= 0.6 is 11.6 Å². The van der Waals surface area contributed by atoms with Gasteiger partial charge < -0.3 is 10.2 Å². The van der Waals surface area contributed by atoms with Gasteiger partial charge in [0.05, 0.1) is 16.8 Å². The predicted molar refractivity (Wildman–Crippen MR) is 80.5 cm³/mol. The third-order valence-electron chi connectivity index (χ3n) is 3.42. The molecule has 0 aliphatic heterocycles. The Bertz CT molecular complexity index is 802. The van der Waals surface area contributed by atoms with E-state index < -0.39 is 5.82 Å². The molecule has 0 unspecified atom stereocenters. The number of anilines is 1. The van der Waals surface area contributed by atoms with E-state index in [9.17, 15) is 4.39 Å². The zero-order chi connectivity index (χ0) is 15.1. The molecule has 0 spiro atoms. The summed E-state index contributed by atoms with van der Waals surface area (Å²) in [6.45, 7) is 1.81. The highest BCUT2D eigenvalue weighted by molar-refractivity contribution is 6.33. The second-order valence-corrected chi connectivity index (χ2v) is 5.13. The number of furan rings is 1. The van der Waals surface area contributed by atoms with E-state index in [2.05, 4.69) is 5.10 Å². The molecule has 1 aromatic carbocycles. The van der Waals surface area contributed by atoms with E-state index in [0.717, 1.165) is 5.56 Å². The molecule has 2 heterocycles. The summed E-state index contributed by atoms with van der Waals surface area (Å²) in [4.78, 5) is 0. The van der Waals surface area contributed by atoms with Gasteiger partial charge in [-0.2, -0.15) is 5.10 Å². The van der Waals surface area contributed by atoms with Crippen molar-refractivity contribution >= 4 is 17.4 Å². The lowest BCUT2D eigenvalue weighted by molar-refractivity contribution is 0.535. The fraction of sp³-hybridized carbons (Fsp3) is 0.133. The standard InChI is InChI=1S/C15H13ClFN3O/c1-8-9(6-7-21-8)14-13(15(18)20(2)19-14)12-10(16)4-3-5-11(12)17/h3-7H,18H2,1-2H3. The molecule has 0 bridgehead atoms. The maximum atomic E-state index is 14.2. The smallest absolute Gasteiger partial charge is 0.132 e. The first-order chi connectivity index (χ1) is 10.0. The second kappa shape index (κ2) is 4.93. The van der Waals surface area contributed by atoms with Crippen LogP contribution in [0, 0.1) is 12.7 Å². The van der Waals surface area contributed by atoms with Gasteiger partial charge in [0.15, 0.2) is 0 Å². The predicted octanol–water partition coefficient (Wildman–Crippen LogP) is 4.03. The van der Waals surface area contributed by atoms with Crippen molar-refractivity contribution in [3.05, 3.63) is 47.1 Å². The number of benzene rings is 1. The van der Waals surface area contributed by atoms with Crippen LogP contribution in [0.15, 0.2) is 34.9 Å². The molecule has 108 valence electrons. The topological polar surface area (TPSA) is 57.0 Å². The molecule has 0 fully saturated rings. The molecule has 3 aromatic rings. The van der Waals surface area contributed by atoms with Crippen LogP contribution in [0.5, 0.6) is 0 Å². The van der Waals surface area contributed by atoms with Crippen LogP contribution in [-0.4, -0.2) is 9.78 Å². The lowest BCUT2D eigenvalue weighted by Crippen LogP contribution is -1.98. The van der Waals surface area contributed by atoms with Crippen LogP contribution in [0.2, 0.25) is 5.02 Å². The van der Waals surface area contributed by atoms with E-state index in [4.69, 9.17) is 21.8 Å². The highest BCUT2D eigenvalue weighted by Gasteiger charge is 2.23. The Morgan fingerprint density at radius 2 is 2.05 bits per heavy atom. The molecule has 0 amide bonds. The number of nitrogens with zero attached hydrogens (tertiary/aromatic N) is 2. The van der Waals surface area contributed by atoms with E-state index in [0.29, 0.717) is 22.8 Å². The fourth-order valence-corrected chi connectivity index (χ4v) is 2.60. The van der Waals surface area contributed by atoms with E-state index >= 15 is 0 Å². The summed E-state index contributed by atoms with van der Waals surface area (Å²) in [5.41, 5.74) is 8.11. The number of nitrogens with two attached hydrogens (primary N) is 1. The van der Waals surface area contributed by atoms with Crippen LogP contribution in [-0.2, 0) is 7.05 Å². The first-order valence-corrected chi connectivity index (χ1v) is 6.69. The van der Waals surface area contributed by atoms with Crippen LogP contribution in [0.4, 0.5) is 10.2 Å². The molecule has 4 nitrogen and oxygen atoms in total. The molecule has 0 aliphatic rings. The number of aromatic nitrogens is 2. The maximum absolute atomic E-state index is 14.2. The van der Waals surface area contributed by atoms with Crippen LogP contribution in [0.25, 0.3) is 22.4 Å². The Kier molecular flexibility index (Phi) is 3.22. The van der Waals surface area contributed by atoms with Crippen LogP contribution < -0.4 is 5.73 Å². The van der Waals surface area contributed by atoms with E-state index in [1.807, 2.05) is 6.92 Å². The van der Waals surface area contributed by atoms with Gasteiger partial charge >= 0.3 is 0 Å². The Morgan fingerprint density at radius 3 is 2.67 bits per heavy atom. The van der Waals surface area contributed by atoms with Crippen molar-refractivity contribution in [1.82, 2.24) is 9.78 Å². The minimum absolute atomic E-state index is 0.250. The first-order valence-electron chi connectivity index (χ1n) is 6.32. The first kappa shape index (κ1) is 13.7. The number of hydrogen-bond acceptors (Lipinski definition) is 3. The third kappa shape index (κ3) is 2.10. The Morgan fingerprint density at radius 1 is 1.29 bits per heavy atom. The lowest BCUT2D eigenvalue weighted by atomic mass is 10.0. The Labute approximate surface area is 125 Å². The number of nitrogen functional groups attached to an aromatic ring is 1. The monoisotopic (exact) mass is 305 g/mol. The van der Waals surface area contributed by atoms with Gasteiger partial charge in [-0.15, -0.1) is 0 Å². The van der Waals surface area contributed by atoms with Gasteiger partial charge in [0.2, 0.25) is 0 Å². The van der Waals surface area contributed by atoms with Gasteiger partial charge in [0.25, 0.3) is 0 Å². The normalized spacial score (nSPS) is 11.0. The quantitative estimate of drug-likeness (QED) is 0.777. The molecular weight excluding hydrogens is 293 g/mol. The van der Waals surface area contributed by atoms with Gasteiger partial charge in [-0.1, -0.05) is 17.7 Å². The molecule has 2 N–H and O–H groups in total. The molecule has 3 rings (SSSR count). The van der Waals surface area contributed by atoms with Crippen LogP contribution in [0.3, 0.4) is 0 Å². The summed E-state index contributed by atoms with van der Waals surface area (Å²) in [6.07, 6.45) is 1.56. The SMILES string of the molecule is Cc1occc1-c1nn(C)c(N)c1-c1c(F)cccc1Cl. The molecule has 2 aromatic heterocycles. The van der Waals surface area contributed by atoms with Crippen molar-refractivity contribution in [3.63, 3.8) is 0 Å². The molecule has 0 atom stereocenters. The number of halogens is 2. The van der Waals surface area contributed by atoms with E-state index in [1.165, 1.54) is 10.7 Å². The molecule has 0 saturated carbocycles. The fourth-order valence-electron chi connectivity index (χ4n) is 2.34. The van der Waals surface area contributed by atoms with Crippen LogP contribution in [0.1, 0.15) is 5.76 Å². The third-order valence-corrected chi connectivity index (χ3v) is 3.73. The molecule has 0 saturated heterocycles. The van der Waals surface area contributed by atoms with Gasteiger partial charge in [0.1, 0.15) is 23.1 Å². The molecular formula is C15H13ClFN3O. The van der Waals surface area contributed by atoms with E-state index in [-0.39, 0.29) is 10.6 Å². The van der Waals surface area contributed by atoms with Crippen molar-refractivity contribution in [2.45, 2.75) is 6.92 Å². The number of hydrogen-bond donors (Lipinski definition) is 1. The average molecular weight is 306 g/mol. The van der Waals surface area contributed by atoms with Crippen molar-refractivity contribution in [2.24, 2.45) is 7.05 Å². The largest absolute Gasteiger partial charge is 0.469 e.